The zero-order chi connectivity index (χ0) is 12.5. The molecule has 6 nitrogen and oxygen atoms in total. The summed E-state index contributed by atoms with van der Waals surface area (Å²) in [6.45, 7) is 4.30. The highest BCUT2D eigenvalue weighted by atomic mass is 32.2. The molecule has 0 radical (unpaired) electrons. The molecule has 0 saturated heterocycles. The van der Waals surface area contributed by atoms with E-state index in [1.807, 2.05) is 4.57 Å². The van der Waals surface area contributed by atoms with Gasteiger partial charge in [0.2, 0.25) is 0 Å². The van der Waals surface area contributed by atoms with Crippen LogP contribution in [-0.2, 0) is 16.1 Å². The highest BCUT2D eigenvalue weighted by molar-refractivity contribution is 7.99. The molecule has 0 saturated carbocycles. The Balaban J connectivity index is 2.27. The number of carboxylic acids is 1. The van der Waals surface area contributed by atoms with Crippen LogP contribution >= 0.6 is 11.8 Å². The number of thioether (sulfide) groups is 1. The fourth-order valence-corrected chi connectivity index (χ4v) is 1.88. The number of aromatic nitrogens is 3. The SMILES string of the molecule is CCCOCCCn1cnnc1SCC(=O)O. The number of aliphatic carboxylic acids is 1. The third-order valence-corrected chi connectivity index (χ3v) is 2.91. The molecule has 1 aromatic rings. The van der Waals surface area contributed by atoms with Gasteiger partial charge in [-0.15, -0.1) is 10.2 Å². The van der Waals surface area contributed by atoms with Gasteiger partial charge in [0.25, 0.3) is 0 Å². The average Bonchev–Trinajstić information content (AvgIpc) is 2.73. The first-order valence-corrected chi connectivity index (χ1v) is 6.52. The normalized spacial score (nSPS) is 10.6. The lowest BCUT2D eigenvalue weighted by molar-refractivity contribution is -0.133. The summed E-state index contributed by atoms with van der Waals surface area (Å²) in [6, 6.07) is 0. The van der Waals surface area contributed by atoms with Gasteiger partial charge in [0, 0.05) is 19.8 Å². The lowest BCUT2D eigenvalue weighted by Gasteiger charge is -2.05. The van der Waals surface area contributed by atoms with Crippen molar-refractivity contribution >= 4 is 17.7 Å². The predicted molar refractivity (Wildman–Crippen MR) is 64.1 cm³/mol. The molecule has 1 heterocycles. The minimum absolute atomic E-state index is 0.00499. The molecular formula is C10H17N3O3S. The van der Waals surface area contributed by atoms with Gasteiger partial charge >= 0.3 is 5.97 Å². The molecule has 96 valence electrons. The zero-order valence-electron chi connectivity index (χ0n) is 9.83. The maximum absolute atomic E-state index is 10.4. The van der Waals surface area contributed by atoms with E-state index in [-0.39, 0.29) is 5.75 Å². The summed E-state index contributed by atoms with van der Waals surface area (Å²) in [6.07, 6.45) is 3.51. The first-order valence-electron chi connectivity index (χ1n) is 5.54. The summed E-state index contributed by atoms with van der Waals surface area (Å²) in [5, 5.41) is 16.9. The van der Waals surface area contributed by atoms with Crippen LogP contribution in [0.2, 0.25) is 0 Å². The number of ether oxygens (including phenoxy) is 1. The van der Waals surface area contributed by atoms with Gasteiger partial charge < -0.3 is 14.4 Å². The van der Waals surface area contributed by atoms with Crippen LogP contribution in [0.25, 0.3) is 0 Å². The molecule has 0 aliphatic heterocycles. The minimum atomic E-state index is -0.851. The summed E-state index contributed by atoms with van der Waals surface area (Å²) >= 11 is 1.18. The largest absolute Gasteiger partial charge is 0.481 e. The van der Waals surface area contributed by atoms with Gasteiger partial charge in [0.05, 0.1) is 5.75 Å². The molecule has 0 aromatic carbocycles. The Morgan fingerprint density at radius 3 is 3.12 bits per heavy atom. The Kier molecular flexibility index (Phi) is 6.64. The van der Waals surface area contributed by atoms with E-state index >= 15 is 0 Å². The molecule has 0 unspecified atom stereocenters. The van der Waals surface area contributed by atoms with Crippen molar-refractivity contribution in [3.05, 3.63) is 6.33 Å². The third-order valence-electron chi connectivity index (χ3n) is 1.94. The number of carbonyl (C=O) groups is 1. The summed E-state index contributed by atoms with van der Waals surface area (Å²) in [4.78, 5) is 10.4. The summed E-state index contributed by atoms with van der Waals surface area (Å²) in [5.74, 6) is -0.846. The van der Waals surface area contributed by atoms with Gasteiger partial charge in [-0.1, -0.05) is 18.7 Å². The fraction of sp³-hybridized carbons (Fsp3) is 0.700. The van der Waals surface area contributed by atoms with E-state index in [9.17, 15) is 4.79 Å². The number of aryl methyl sites for hydroxylation is 1. The van der Waals surface area contributed by atoms with Crippen LogP contribution in [0.5, 0.6) is 0 Å². The predicted octanol–water partition coefficient (Wildman–Crippen LogP) is 1.27. The van der Waals surface area contributed by atoms with Crippen LogP contribution in [0.3, 0.4) is 0 Å². The molecule has 1 rings (SSSR count). The van der Waals surface area contributed by atoms with Crippen LogP contribution in [0.15, 0.2) is 11.5 Å². The highest BCUT2D eigenvalue weighted by Crippen LogP contribution is 2.14. The van der Waals surface area contributed by atoms with Crippen LogP contribution in [0.1, 0.15) is 19.8 Å². The maximum atomic E-state index is 10.4. The molecule has 17 heavy (non-hydrogen) atoms. The first kappa shape index (κ1) is 14.0. The molecule has 0 atom stereocenters. The third kappa shape index (κ3) is 5.69. The molecule has 0 bridgehead atoms. The Morgan fingerprint density at radius 1 is 1.59 bits per heavy atom. The van der Waals surface area contributed by atoms with E-state index in [2.05, 4.69) is 17.1 Å². The van der Waals surface area contributed by atoms with Crippen LogP contribution in [0, 0.1) is 0 Å². The smallest absolute Gasteiger partial charge is 0.313 e. The van der Waals surface area contributed by atoms with Gasteiger partial charge in [-0.05, 0) is 12.8 Å². The van der Waals surface area contributed by atoms with E-state index in [4.69, 9.17) is 9.84 Å². The van der Waals surface area contributed by atoms with Crippen LogP contribution < -0.4 is 0 Å². The van der Waals surface area contributed by atoms with E-state index in [1.165, 1.54) is 11.8 Å². The Hall–Kier alpha value is -1.08. The monoisotopic (exact) mass is 259 g/mol. The highest BCUT2D eigenvalue weighted by Gasteiger charge is 2.07. The maximum Gasteiger partial charge on any atom is 0.313 e. The van der Waals surface area contributed by atoms with Gasteiger partial charge in [-0.2, -0.15) is 0 Å². The lowest BCUT2D eigenvalue weighted by Crippen LogP contribution is -2.05. The van der Waals surface area contributed by atoms with E-state index in [0.29, 0.717) is 11.8 Å². The molecule has 0 aliphatic carbocycles. The lowest BCUT2D eigenvalue weighted by atomic mass is 10.4. The molecule has 0 fully saturated rings. The molecule has 0 aliphatic rings. The molecule has 1 N–H and O–H groups in total. The van der Waals surface area contributed by atoms with Crippen molar-refractivity contribution < 1.29 is 14.6 Å². The zero-order valence-corrected chi connectivity index (χ0v) is 10.7. The number of hydrogen-bond acceptors (Lipinski definition) is 5. The number of hydrogen-bond donors (Lipinski definition) is 1. The van der Waals surface area contributed by atoms with Gasteiger partial charge in [-0.3, -0.25) is 4.79 Å². The molecular weight excluding hydrogens is 242 g/mol. The quantitative estimate of drug-likeness (QED) is 0.531. The van der Waals surface area contributed by atoms with Gasteiger partial charge in [-0.25, -0.2) is 0 Å². The second-order valence-electron chi connectivity index (χ2n) is 3.46. The molecule has 1 aromatic heterocycles. The second kappa shape index (κ2) is 8.08. The van der Waals surface area contributed by atoms with Crippen molar-refractivity contribution in [3.8, 4) is 0 Å². The van der Waals surface area contributed by atoms with Crippen molar-refractivity contribution in [1.82, 2.24) is 14.8 Å². The number of carboxylic acid groups (broad SMARTS) is 1. The molecule has 0 amide bonds. The van der Waals surface area contributed by atoms with Crippen LogP contribution in [0.4, 0.5) is 0 Å². The van der Waals surface area contributed by atoms with Gasteiger partial charge in [0.1, 0.15) is 6.33 Å². The van der Waals surface area contributed by atoms with Crippen molar-refractivity contribution in [2.24, 2.45) is 0 Å². The standard InChI is InChI=1S/C10H17N3O3S/c1-2-5-16-6-3-4-13-8-11-12-10(13)17-7-9(14)15/h8H,2-7H2,1H3,(H,14,15). The fourth-order valence-electron chi connectivity index (χ4n) is 1.22. The summed E-state index contributed by atoms with van der Waals surface area (Å²) in [7, 11) is 0. The molecule has 7 heteroatoms. The van der Waals surface area contributed by atoms with E-state index < -0.39 is 5.97 Å². The van der Waals surface area contributed by atoms with Crippen molar-refractivity contribution in [2.45, 2.75) is 31.5 Å². The van der Waals surface area contributed by atoms with Gasteiger partial charge in [0.15, 0.2) is 5.16 Å². The number of rotatable bonds is 9. The number of nitrogens with zero attached hydrogens (tertiary/aromatic N) is 3. The minimum Gasteiger partial charge on any atom is -0.481 e. The first-order chi connectivity index (χ1) is 8.24. The van der Waals surface area contributed by atoms with Crippen molar-refractivity contribution in [1.29, 1.82) is 0 Å². The average molecular weight is 259 g/mol. The van der Waals surface area contributed by atoms with Crippen molar-refractivity contribution in [2.75, 3.05) is 19.0 Å². The topological polar surface area (TPSA) is 77.2 Å². The Labute approximate surface area is 104 Å². The second-order valence-corrected chi connectivity index (χ2v) is 4.40. The van der Waals surface area contributed by atoms with Crippen molar-refractivity contribution in [3.63, 3.8) is 0 Å². The Morgan fingerprint density at radius 2 is 2.41 bits per heavy atom. The van der Waals surface area contributed by atoms with E-state index in [0.717, 1.165) is 26.0 Å². The van der Waals surface area contributed by atoms with E-state index in [1.54, 1.807) is 6.33 Å². The van der Waals surface area contributed by atoms with Crippen LogP contribution in [-0.4, -0.2) is 44.8 Å². The summed E-state index contributed by atoms with van der Waals surface area (Å²) < 4.78 is 7.21. The molecule has 0 spiro atoms. The summed E-state index contributed by atoms with van der Waals surface area (Å²) in [5.41, 5.74) is 0. The Bertz CT molecular complexity index is 343.